The molecule has 3 heterocycles. The summed E-state index contributed by atoms with van der Waals surface area (Å²) in [6, 6.07) is 14.7. The van der Waals surface area contributed by atoms with Gasteiger partial charge in [0.15, 0.2) is 5.76 Å². The summed E-state index contributed by atoms with van der Waals surface area (Å²) in [4.78, 5) is 6.47. The molecule has 0 bridgehead atoms. The van der Waals surface area contributed by atoms with E-state index in [4.69, 9.17) is 4.52 Å². The van der Waals surface area contributed by atoms with Gasteiger partial charge >= 0.3 is 0 Å². The molecule has 1 aliphatic heterocycles. The Bertz CT molecular complexity index is 782. The molecule has 4 rings (SSSR count). The minimum atomic E-state index is 0.798. The summed E-state index contributed by atoms with van der Waals surface area (Å²) < 4.78 is 5.54. The Labute approximate surface area is 135 Å². The molecular formula is C19H19N3O. The van der Waals surface area contributed by atoms with Gasteiger partial charge in [-0.15, -0.1) is 0 Å². The van der Waals surface area contributed by atoms with E-state index < -0.39 is 0 Å². The number of aromatic nitrogens is 2. The third-order valence-corrected chi connectivity index (χ3v) is 4.35. The van der Waals surface area contributed by atoms with Crippen molar-refractivity contribution in [3.8, 4) is 11.3 Å². The average Bonchev–Trinajstić information content (AvgIpc) is 2.96. The smallest absolute Gasteiger partial charge is 0.151 e. The summed E-state index contributed by atoms with van der Waals surface area (Å²) in [5, 5.41) is 4.19. The molecule has 1 aromatic carbocycles. The van der Waals surface area contributed by atoms with Crippen LogP contribution in [0.1, 0.15) is 23.3 Å². The normalized spacial score (nSPS) is 15.1. The Morgan fingerprint density at radius 2 is 1.87 bits per heavy atom. The van der Waals surface area contributed by atoms with Gasteiger partial charge in [-0.1, -0.05) is 29.4 Å². The van der Waals surface area contributed by atoms with Gasteiger partial charge in [0.1, 0.15) is 5.69 Å². The zero-order valence-corrected chi connectivity index (χ0v) is 13.0. The van der Waals surface area contributed by atoms with Crippen LogP contribution in [0.3, 0.4) is 0 Å². The molecule has 0 fully saturated rings. The second kappa shape index (κ2) is 6.34. The molecule has 116 valence electrons. The molecule has 0 unspecified atom stereocenters. The lowest BCUT2D eigenvalue weighted by atomic mass is 10.0. The first-order valence-corrected chi connectivity index (χ1v) is 8.03. The number of hydrogen-bond donors (Lipinski definition) is 0. The highest BCUT2D eigenvalue weighted by molar-refractivity contribution is 5.57. The second-order valence-electron chi connectivity index (χ2n) is 6.00. The monoisotopic (exact) mass is 305 g/mol. The van der Waals surface area contributed by atoms with Gasteiger partial charge in [0, 0.05) is 30.6 Å². The molecule has 0 saturated carbocycles. The summed E-state index contributed by atoms with van der Waals surface area (Å²) in [5.41, 5.74) is 4.82. The van der Waals surface area contributed by atoms with Gasteiger partial charge in [-0.05, 0) is 42.6 Å². The van der Waals surface area contributed by atoms with Crippen molar-refractivity contribution in [2.75, 3.05) is 6.54 Å². The van der Waals surface area contributed by atoms with Crippen LogP contribution in [0.4, 0.5) is 0 Å². The van der Waals surface area contributed by atoms with Gasteiger partial charge in [-0.3, -0.25) is 9.88 Å². The number of hydrogen-bond acceptors (Lipinski definition) is 4. The van der Waals surface area contributed by atoms with Crippen molar-refractivity contribution in [2.24, 2.45) is 0 Å². The van der Waals surface area contributed by atoms with Gasteiger partial charge in [0.25, 0.3) is 0 Å². The third kappa shape index (κ3) is 3.17. The Kier molecular flexibility index (Phi) is 3.90. The molecule has 0 spiro atoms. The van der Waals surface area contributed by atoms with E-state index in [-0.39, 0.29) is 0 Å². The first-order chi connectivity index (χ1) is 11.4. The summed E-state index contributed by atoms with van der Waals surface area (Å²) in [6.07, 6.45) is 5.89. The number of fused-ring (bicyclic) bond motifs is 1. The number of rotatable bonds is 3. The van der Waals surface area contributed by atoms with Crippen LogP contribution in [-0.2, 0) is 19.5 Å². The maximum Gasteiger partial charge on any atom is 0.151 e. The van der Waals surface area contributed by atoms with Crippen molar-refractivity contribution in [3.05, 3.63) is 71.7 Å². The summed E-state index contributed by atoms with van der Waals surface area (Å²) in [6.45, 7) is 2.86. The van der Waals surface area contributed by atoms with Gasteiger partial charge in [-0.2, -0.15) is 0 Å². The van der Waals surface area contributed by atoms with E-state index in [0.29, 0.717) is 0 Å². The van der Waals surface area contributed by atoms with Crippen molar-refractivity contribution in [1.29, 1.82) is 0 Å². The van der Waals surface area contributed by atoms with Crippen molar-refractivity contribution >= 4 is 0 Å². The summed E-state index contributed by atoms with van der Waals surface area (Å²) in [5.74, 6) is 0.913. The molecule has 0 N–H and O–H groups in total. The van der Waals surface area contributed by atoms with Crippen LogP contribution in [0.15, 0.2) is 59.4 Å². The highest BCUT2D eigenvalue weighted by Gasteiger charge is 2.16. The fraction of sp³-hybridized carbons (Fsp3) is 0.263. The van der Waals surface area contributed by atoms with Crippen LogP contribution in [0.25, 0.3) is 11.3 Å². The van der Waals surface area contributed by atoms with Crippen molar-refractivity contribution < 1.29 is 4.52 Å². The fourth-order valence-electron chi connectivity index (χ4n) is 3.17. The minimum absolute atomic E-state index is 0.798. The predicted octanol–water partition coefficient (Wildman–Crippen LogP) is 3.69. The van der Waals surface area contributed by atoms with E-state index >= 15 is 0 Å². The van der Waals surface area contributed by atoms with Crippen LogP contribution in [0, 0.1) is 0 Å². The van der Waals surface area contributed by atoms with Crippen LogP contribution < -0.4 is 0 Å². The quantitative estimate of drug-likeness (QED) is 0.740. The molecule has 0 aliphatic carbocycles. The number of nitrogens with zero attached hydrogens (tertiary/aromatic N) is 3. The van der Waals surface area contributed by atoms with Crippen molar-refractivity contribution in [1.82, 2.24) is 15.0 Å². The highest BCUT2D eigenvalue weighted by atomic mass is 16.5. The Balaban J connectivity index is 1.49. The topological polar surface area (TPSA) is 42.2 Å². The molecular weight excluding hydrogens is 286 g/mol. The lowest BCUT2D eigenvalue weighted by Crippen LogP contribution is -2.22. The van der Waals surface area contributed by atoms with Gasteiger partial charge < -0.3 is 4.52 Å². The molecule has 23 heavy (non-hydrogen) atoms. The fourth-order valence-corrected chi connectivity index (χ4v) is 3.17. The van der Waals surface area contributed by atoms with Crippen molar-refractivity contribution in [3.63, 3.8) is 0 Å². The van der Waals surface area contributed by atoms with E-state index in [1.54, 1.807) is 12.4 Å². The zero-order chi connectivity index (χ0) is 15.5. The van der Waals surface area contributed by atoms with E-state index in [1.165, 1.54) is 17.5 Å². The van der Waals surface area contributed by atoms with Gasteiger partial charge in [0.2, 0.25) is 0 Å². The molecule has 4 nitrogen and oxygen atoms in total. The van der Waals surface area contributed by atoms with Crippen molar-refractivity contribution in [2.45, 2.75) is 25.9 Å². The zero-order valence-electron chi connectivity index (χ0n) is 13.0. The predicted molar refractivity (Wildman–Crippen MR) is 88.6 cm³/mol. The van der Waals surface area contributed by atoms with E-state index in [1.807, 2.05) is 18.2 Å². The molecule has 0 saturated heterocycles. The highest BCUT2D eigenvalue weighted by Crippen LogP contribution is 2.22. The first kappa shape index (κ1) is 14.2. The number of benzene rings is 1. The van der Waals surface area contributed by atoms with E-state index in [9.17, 15) is 0 Å². The van der Waals surface area contributed by atoms with Crippen LogP contribution in [0.2, 0.25) is 0 Å². The SMILES string of the molecule is c1ccc2c(c1)CCCN(Cc1cc(-c3ccncc3)no1)C2. The lowest BCUT2D eigenvalue weighted by molar-refractivity contribution is 0.227. The molecule has 0 amide bonds. The third-order valence-electron chi connectivity index (χ3n) is 4.35. The number of pyridine rings is 1. The Morgan fingerprint density at radius 3 is 2.74 bits per heavy atom. The molecule has 2 aromatic heterocycles. The van der Waals surface area contributed by atoms with E-state index in [2.05, 4.69) is 39.3 Å². The average molecular weight is 305 g/mol. The molecule has 0 radical (unpaired) electrons. The van der Waals surface area contributed by atoms with Crippen LogP contribution in [0.5, 0.6) is 0 Å². The molecule has 0 atom stereocenters. The molecule has 4 heteroatoms. The van der Waals surface area contributed by atoms with Crippen LogP contribution in [-0.4, -0.2) is 21.6 Å². The summed E-state index contributed by atoms with van der Waals surface area (Å²) >= 11 is 0. The molecule has 3 aromatic rings. The van der Waals surface area contributed by atoms with E-state index in [0.717, 1.165) is 43.1 Å². The minimum Gasteiger partial charge on any atom is -0.359 e. The largest absolute Gasteiger partial charge is 0.359 e. The summed E-state index contributed by atoms with van der Waals surface area (Å²) in [7, 11) is 0. The Morgan fingerprint density at radius 1 is 1.04 bits per heavy atom. The maximum absolute atomic E-state index is 5.54. The lowest BCUT2D eigenvalue weighted by Gasteiger charge is -2.18. The van der Waals surface area contributed by atoms with Gasteiger partial charge in [0.05, 0.1) is 6.54 Å². The standard InChI is InChI=1S/C19H19N3O/c1-2-5-17-13-22(11-3-6-15(17)4-1)14-18-12-19(21-23-18)16-7-9-20-10-8-16/h1-2,4-5,7-10,12H,3,6,11,13-14H2. The first-order valence-electron chi connectivity index (χ1n) is 8.03. The van der Waals surface area contributed by atoms with Crippen LogP contribution >= 0.6 is 0 Å². The Hall–Kier alpha value is -2.46. The maximum atomic E-state index is 5.54. The molecule has 1 aliphatic rings. The van der Waals surface area contributed by atoms with Gasteiger partial charge in [-0.25, -0.2) is 0 Å². The number of aryl methyl sites for hydroxylation is 1. The second-order valence-corrected chi connectivity index (χ2v) is 6.00.